The van der Waals surface area contributed by atoms with Gasteiger partial charge in [-0.15, -0.1) is 0 Å². The molecule has 0 radical (unpaired) electrons. The molecule has 0 aliphatic heterocycles. The molecular weight excluding hydrogens is 226 g/mol. The zero-order valence-corrected chi connectivity index (χ0v) is 10.5. The van der Waals surface area contributed by atoms with E-state index in [0.717, 1.165) is 5.56 Å². The van der Waals surface area contributed by atoms with Crippen molar-refractivity contribution in [3.8, 4) is 5.75 Å². The van der Waals surface area contributed by atoms with Crippen LogP contribution in [0.15, 0.2) is 24.3 Å². The van der Waals surface area contributed by atoms with Gasteiger partial charge in [0.05, 0.1) is 0 Å². The highest BCUT2D eigenvalue weighted by molar-refractivity contribution is 6.22. The van der Waals surface area contributed by atoms with Gasteiger partial charge in [0.15, 0.2) is 9.76 Å². The van der Waals surface area contributed by atoms with E-state index in [1.165, 1.54) is 12.1 Å². The second-order valence-electron chi connectivity index (χ2n) is 3.13. The predicted molar refractivity (Wildman–Crippen MR) is 64.0 cm³/mol. The fourth-order valence-corrected chi connectivity index (χ4v) is 0.973. The minimum atomic E-state index is -1.02. The molecule has 1 aromatic carbocycles. The Morgan fingerprint density at radius 3 is 2.25 bits per heavy atom. The molecule has 1 rings (SSSR count). The van der Waals surface area contributed by atoms with E-state index in [0.29, 0.717) is 0 Å². The Morgan fingerprint density at radius 1 is 1.44 bits per heavy atom. The van der Waals surface area contributed by atoms with Gasteiger partial charge in [-0.1, -0.05) is 18.7 Å². The number of phenolic OH excluding ortho intramolecular Hbond substituents is 1. The molecular formula is C10H17NO4Si. The Morgan fingerprint density at radius 2 is 1.88 bits per heavy atom. The number of phenols is 1. The van der Waals surface area contributed by atoms with Crippen LogP contribution in [0.4, 0.5) is 0 Å². The van der Waals surface area contributed by atoms with Gasteiger partial charge in [0.1, 0.15) is 11.8 Å². The van der Waals surface area contributed by atoms with Gasteiger partial charge < -0.3 is 20.7 Å². The van der Waals surface area contributed by atoms with E-state index >= 15 is 0 Å². The molecule has 0 fully saturated rings. The highest BCUT2D eigenvalue weighted by Gasteiger charge is 2.11. The highest BCUT2D eigenvalue weighted by Crippen LogP contribution is 2.10. The normalized spacial score (nSPS) is 11.9. The number of aromatic hydroxyl groups is 1. The first-order chi connectivity index (χ1) is 7.51. The molecule has 5 nitrogen and oxygen atoms in total. The lowest BCUT2D eigenvalue weighted by molar-refractivity contribution is -0.138. The zero-order chi connectivity index (χ0) is 12.6. The summed E-state index contributed by atoms with van der Waals surface area (Å²) in [4.78, 5) is 18.1. The molecule has 1 unspecified atom stereocenters. The molecule has 1 atom stereocenters. The van der Waals surface area contributed by atoms with Crippen molar-refractivity contribution in [3.63, 3.8) is 0 Å². The predicted octanol–water partition coefficient (Wildman–Crippen LogP) is -0.543. The van der Waals surface area contributed by atoms with Crippen molar-refractivity contribution < 1.29 is 19.8 Å². The van der Waals surface area contributed by atoms with Crippen LogP contribution in [0.5, 0.6) is 5.75 Å². The van der Waals surface area contributed by atoms with Crippen LogP contribution in [-0.4, -0.2) is 36.8 Å². The molecule has 0 aliphatic rings. The van der Waals surface area contributed by atoms with Crippen LogP contribution < -0.4 is 5.73 Å². The topological polar surface area (TPSA) is 104 Å². The molecule has 5 N–H and O–H groups in total. The van der Waals surface area contributed by atoms with Crippen LogP contribution in [0.3, 0.4) is 0 Å². The third-order valence-electron chi connectivity index (χ3n) is 1.71. The van der Waals surface area contributed by atoms with Gasteiger partial charge in [-0.2, -0.15) is 0 Å². The summed E-state index contributed by atoms with van der Waals surface area (Å²) in [6.07, 6.45) is 0.273. The fraction of sp³-hybridized carbons (Fsp3) is 0.300. The maximum Gasteiger partial charge on any atom is 0.320 e. The lowest BCUT2D eigenvalue weighted by atomic mass is 10.1. The minimum absolute atomic E-state index is 0.160. The molecule has 0 saturated heterocycles. The van der Waals surface area contributed by atoms with Crippen molar-refractivity contribution in [3.05, 3.63) is 29.8 Å². The van der Waals surface area contributed by atoms with Gasteiger partial charge >= 0.3 is 5.97 Å². The summed E-state index contributed by atoms with van der Waals surface area (Å²) >= 11 is 0. The van der Waals surface area contributed by atoms with Crippen LogP contribution in [0.25, 0.3) is 0 Å². The van der Waals surface area contributed by atoms with Crippen LogP contribution >= 0.6 is 0 Å². The molecule has 0 spiro atoms. The fourth-order valence-electron chi connectivity index (χ4n) is 0.973. The van der Waals surface area contributed by atoms with Gasteiger partial charge in [0.25, 0.3) is 0 Å². The molecule has 0 amide bonds. The standard InChI is InChI=1S/C9H11NO3.CH6OSi/c10-8(9(12)13)5-6-1-3-7(11)4-2-6;1-3-2/h1-4,8,11H,5,10H2,(H,12,13);2H,3H2,1H3. The first-order valence-electron chi connectivity index (χ1n) is 4.88. The number of carbonyl (C=O) groups is 1. The Balaban J connectivity index is 0.000000673. The summed E-state index contributed by atoms with van der Waals surface area (Å²) in [5, 5.41) is 17.5. The number of nitrogens with two attached hydrogens (primary N) is 1. The summed E-state index contributed by atoms with van der Waals surface area (Å²) < 4.78 is 0. The van der Waals surface area contributed by atoms with E-state index in [4.69, 9.17) is 20.7 Å². The summed E-state index contributed by atoms with van der Waals surface area (Å²) in [6, 6.07) is 5.42. The number of carboxylic acid groups (broad SMARTS) is 1. The van der Waals surface area contributed by atoms with E-state index in [1.54, 1.807) is 12.1 Å². The van der Waals surface area contributed by atoms with E-state index in [1.807, 2.05) is 6.55 Å². The van der Waals surface area contributed by atoms with E-state index in [-0.39, 0.29) is 12.2 Å². The summed E-state index contributed by atoms with van der Waals surface area (Å²) in [7, 11) is -0.583. The van der Waals surface area contributed by atoms with Crippen molar-refractivity contribution in [2.45, 2.75) is 19.0 Å². The van der Waals surface area contributed by atoms with E-state index < -0.39 is 21.8 Å². The Labute approximate surface area is 96.5 Å². The number of aliphatic carboxylic acids is 1. The molecule has 6 heteroatoms. The quantitative estimate of drug-likeness (QED) is 0.534. The van der Waals surface area contributed by atoms with E-state index in [2.05, 4.69) is 0 Å². The first kappa shape index (κ1) is 14.6. The van der Waals surface area contributed by atoms with Gasteiger partial charge in [0, 0.05) is 0 Å². The molecule has 0 aliphatic carbocycles. The van der Waals surface area contributed by atoms with Crippen molar-refractivity contribution >= 4 is 15.7 Å². The van der Waals surface area contributed by atoms with Crippen molar-refractivity contribution in [2.24, 2.45) is 5.73 Å². The third-order valence-corrected chi connectivity index (χ3v) is 1.71. The SMILES string of the molecule is C[SiH2]O.NC(Cc1ccc(O)cc1)C(=O)O. The van der Waals surface area contributed by atoms with Crippen molar-refractivity contribution in [1.29, 1.82) is 0 Å². The highest BCUT2D eigenvalue weighted by atomic mass is 28.2. The van der Waals surface area contributed by atoms with E-state index in [9.17, 15) is 4.79 Å². The molecule has 0 aromatic heterocycles. The van der Waals surface area contributed by atoms with Crippen LogP contribution in [-0.2, 0) is 11.2 Å². The molecule has 0 saturated carbocycles. The second-order valence-corrected chi connectivity index (χ2v) is 3.76. The largest absolute Gasteiger partial charge is 0.508 e. The second kappa shape index (κ2) is 7.86. The minimum Gasteiger partial charge on any atom is -0.508 e. The number of carboxylic acids is 1. The lowest BCUT2D eigenvalue weighted by Crippen LogP contribution is -2.32. The third kappa shape index (κ3) is 6.17. The number of hydrogen-bond donors (Lipinski definition) is 4. The smallest absolute Gasteiger partial charge is 0.320 e. The average Bonchev–Trinajstić information content (AvgIpc) is 2.22. The summed E-state index contributed by atoms with van der Waals surface area (Å²) in [6.45, 7) is 1.82. The Kier molecular flexibility index (Phi) is 7.18. The van der Waals surface area contributed by atoms with Crippen LogP contribution in [0, 0.1) is 0 Å². The first-order valence-corrected chi connectivity index (χ1v) is 6.93. The van der Waals surface area contributed by atoms with Crippen molar-refractivity contribution in [1.82, 2.24) is 0 Å². The molecule has 0 bridgehead atoms. The zero-order valence-electron chi connectivity index (χ0n) is 9.13. The number of benzene rings is 1. The molecule has 16 heavy (non-hydrogen) atoms. The van der Waals surface area contributed by atoms with Crippen LogP contribution in [0.2, 0.25) is 6.55 Å². The number of hydrogen-bond acceptors (Lipinski definition) is 4. The maximum atomic E-state index is 10.4. The monoisotopic (exact) mass is 243 g/mol. The van der Waals surface area contributed by atoms with Gasteiger partial charge in [-0.3, -0.25) is 4.79 Å². The number of rotatable bonds is 3. The van der Waals surface area contributed by atoms with Crippen LogP contribution in [0.1, 0.15) is 5.56 Å². The molecule has 90 valence electrons. The van der Waals surface area contributed by atoms with Gasteiger partial charge in [-0.05, 0) is 24.1 Å². The lowest BCUT2D eigenvalue weighted by Gasteiger charge is -2.05. The Hall–Kier alpha value is -1.37. The van der Waals surface area contributed by atoms with Gasteiger partial charge in [0.2, 0.25) is 0 Å². The molecule has 1 aromatic rings. The molecule has 0 heterocycles. The summed E-state index contributed by atoms with van der Waals surface area (Å²) in [5.74, 6) is -0.860. The Bertz CT molecular complexity index is 315. The average molecular weight is 243 g/mol. The van der Waals surface area contributed by atoms with Gasteiger partial charge in [-0.25, -0.2) is 0 Å². The summed E-state index contributed by atoms with van der Waals surface area (Å²) in [5.41, 5.74) is 6.12. The van der Waals surface area contributed by atoms with Crippen molar-refractivity contribution in [2.75, 3.05) is 0 Å². The maximum absolute atomic E-state index is 10.4.